The Kier molecular flexibility index (Phi) is 8.61. The summed E-state index contributed by atoms with van der Waals surface area (Å²) >= 11 is 5.24. The first-order valence-corrected chi connectivity index (χ1v) is 10.1. The van der Waals surface area contributed by atoms with Crippen LogP contribution < -0.4 is 20.7 Å². The molecule has 0 aliphatic carbocycles. The normalized spacial score (nSPS) is 10.2. The van der Waals surface area contributed by atoms with Crippen LogP contribution in [0.2, 0.25) is 0 Å². The summed E-state index contributed by atoms with van der Waals surface area (Å²) < 4.78 is 5.36. The standard InChI is InChI=1S/C22H27N3O3S/c1-4-6-7-20(26)24-18-13-12-17(14-19(18)28-3)23-22(29)25-21(27)16-10-8-15(5-2)9-11-16/h8-14H,4-7H2,1-3H3,(H,24,26)(H2,23,25,27,29). The van der Waals surface area contributed by atoms with Gasteiger partial charge < -0.3 is 15.4 Å². The highest BCUT2D eigenvalue weighted by molar-refractivity contribution is 7.80. The molecule has 3 N–H and O–H groups in total. The van der Waals surface area contributed by atoms with Crippen LogP contribution in [0.15, 0.2) is 42.5 Å². The molecular weight excluding hydrogens is 386 g/mol. The maximum absolute atomic E-state index is 12.3. The number of ether oxygens (including phenoxy) is 1. The average Bonchev–Trinajstić information content (AvgIpc) is 2.73. The fraction of sp³-hybridized carbons (Fsp3) is 0.318. The van der Waals surface area contributed by atoms with E-state index in [9.17, 15) is 9.59 Å². The van der Waals surface area contributed by atoms with E-state index < -0.39 is 0 Å². The highest BCUT2D eigenvalue weighted by Crippen LogP contribution is 2.28. The van der Waals surface area contributed by atoms with Crippen molar-refractivity contribution in [1.29, 1.82) is 0 Å². The van der Waals surface area contributed by atoms with Crippen molar-refractivity contribution in [2.75, 3.05) is 17.7 Å². The lowest BCUT2D eigenvalue weighted by Gasteiger charge is -2.14. The molecule has 0 saturated heterocycles. The van der Waals surface area contributed by atoms with Crippen molar-refractivity contribution in [3.8, 4) is 5.75 Å². The van der Waals surface area contributed by atoms with Crippen molar-refractivity contribution in [2.45, 2.75) is 39.5 Å². The van der Waals surface area contributed by atoms with Gasteiger partial charge in [0.15, 0.2) is 5.11 Å². The molecule has 2 aromatic rings. The van der Waals surface area contributed by atoms with Crippen LogP contribution in [0.5, 0.6) is 5.75 Å². The minimum Gasteiger partial charge on any atom is -0.494 e. The van der Waals surface area contributed by atoms with Crippen LogP contribution in [0.25, 0.3) is 0 Å². The van der Waals surface area contributed by atoms with E-state index in [1.165, 1.54) is 7.11 Å². The number of nitrogens with one attached hydrogen (secondary N) is 3. The predicted molar refractivity (Wildman–Crippen MR) is 121 cm³/mol. The van der Waals surface area contributed by atoms with Gasteiger partial charge in [-0.25, -0.2) is 0 Å². The highest BCUT2D eigenvalue weighted by Gasteiger charge is 2.11. The zero-order valence-corrected chi connectivity index (χ0v) is 17.8. The van der Waals surface area contributed by atoms with Crippen molar-refractivity contribution in [3.05, 3.63) is 53.6 Å². The smallest absolute Gasteiger partial charge is 0.257 e. The van der Waals surface area contributed by atoms with E-state index in [1.807, 2.05) is 19.1 Å². The van der Waals surface area contributed by atoms with Gasteiger partial charge in [-0.15, -0.1) is 0 Å². The molecule has 2 aromatic carbocycles. The predicted octanol–water partition coefficient (Wildman–Crippen LogP) is 4.51. The summed E-state index contributed by atoms with van der Waals surface area (Å²) in [6, 6.07) is 12.6. The number of aryl methyl sites for hydroxylation is 1. The van der Waals surface area contributed by atoms with Crippen LogP contribution in [-0.4, -0.2) is 24.0 Å². The van der Waals surface area contributed by atoms with Crippen LogP contribution in [-0.2, 0) is 11.2 Å². The Morgan fingerprint density at radius 3 is 2.38 bits per heavy atom. The monoisotopic (exact) mass is 413 g/mol. The molecule has 0 aliphatic rings. The second kappa shape index (κ2) is 11.2. The minimum atomic E-state index is -0.281. The van der Waals surface area contributed by atoms with Gasteiger partial charge in [0, 0.05) is 23.7 Å². The lowest BCUT2D eigenvalue weighted by Crippen LogP contribution is -2.34. The van der Waals surface area contributed by atoms with Crippen LogP contribution in [0, 0.1) is 0 Å². The van der Waals surface area contributed by atoms with Gasteiger partial charge in [-0.1, -0.05) is 32.4 Å². The molecule has 0 radical (unpaired) electrons. The molecule has 2 amide bonds. The highest BCUT2D eigenvalue weighted by atomic mass is 32.1. The quantitative estimate of drug-likeness (QED) is 0.555. The lowest BCUT2D eigenvalue weighted by atomic mass is 10.1. The van der Waals surface area contributed by atoms with Gasteiger partial charge in [-0.05, 0) is 54.9 Å². The second-order valence-electron chi connectivity index (χ2n) is 6.53. The largest absolute Gasteiger partial charge is 0.494 e. The topological polar surface area (TPSA) is 79.5 Å². The fourth-order valence-electron chi connectivity index (χ4n) is 2.65. The Hall–Kier alpha value is -2.93. The Morgan fingerprint density at radius 1 is 1.03 bits per heavy atom. The van der Waals surface area contributed by atoms with Gasteiger partial charge >= 0.3 is 0 Å². The molecule has 7 heteroatoms. The van der Waals surface area contributed by atoms with Crippen LogP contribution in [0.3, 0.4) is 0 Å². The number of rotatable bonds is 8. The van der Waals surface area contributed by atoms with E-state index in [0.29, 0.717) is 29.1 Å². The number of hydrogen-bond donors (Lipinski definition) is 3. The zero-order chi connectivity index (χ0) is 21.2. The Morgan fingerprint density at radius 2 is 1.76 bits per heavy atom. The van der Waals surface area contributed by atoms with Gasteiger partial charge in [0.05, 0.1) is 12.8 Å². The minimum absolute atomic E-state index is 0.0530. The summed E-state index contributed by atoms with van der Waals surface area (Å²) in [6.45, 7) is 4.10. The van der Waals surface area contributed by atoms with Crippen molar-refractivity contribution in [2.24, 2.45) is 0 Å². The molecule has 0 saturated carbocycles. The summed E-state index contributed by atoms with van der Waals surface area (Å²) in [6.07, 6.45) is 3.18. The summed E-state index contributed by atoms with van der Waals surface area (Å²) in [5.41, 5.74) is 2.93. The number of methoxy groups -OCH3 is 1. The van der Waals surface area contributed by atoms with E-state index in [-0.39, 0.29) is 16.9 Å². The summed E-state index contributed by atoms with van der Waals surface area (Å²) in [4.78, 5) is 24.3. The Labute approximate surface area is 177 Å². The molecule has 0 aromatic heterocycles. The molecule has 0 aliphatic heterocycles. The third kappa shape index (κ3) is 6.87. The molecule has 2 rings (SSSR count). The average molecular weight is 414 g/mol. The van der Waals surface area contributed by atoms with Crippen molar-refractivity contribution in [1.82, 2.24) is 5.32 Å². The first kappa shape index (κ1) is 22.4. The van der Waals surface area contributed by atoms with Crippen molar-refractivity contribution < 1.29 is 14.3 Å². The number of carbonyl (C=O) groups is 2. The summed E-state index contributed by atoms with van der Waals surface area (Å²) in [5.74, 6) is 0.170. The van der Waals surface area contributed by atoms with Crippen LogP contribution in [0.1, 0.15) is 49.0 Å². The Bertz CT molecular complexity index is 866. The summed E-state index contributed by atoms with van der Waals surface area (Å²) in [5, 5.41) is 8.64. The lowest BCUT2D eigenvalue weighted by molar-refractivity contribution is -0.116. The van der Waals surface area contributed by atoms with E-state index in [0.717, 1.165) is 24.8 Å². The van der Waals surface area contributed by atoms with E-state index in [2.05, 4.69) is 22.9 Å². The first-order chi connectivity index (χ1) is 14.0. The molecule has 0 unspecified atom stereocenters. The van der Waals surface area contributed by atoms with Crippen molar-refractivity contribution in [3.63, 3.8) is 0 Å². The number of anilines is 2. The third-order valence-electron chi connectivity index (χ3n) is 4.34. The number of carbonyl (C=O) groups excluding carboxylic acids is 2. The second-order valence-corrected chi connectivity index (χ2v) is 6.93. The van der Waals surface area contributed by atoms with Gasteiger partial charge in [0.25, 0.3) is 5.91 Å². The molecule has 0 spiro atoms. The van der Waals surface area contributed by atoms with E-state index >= 15 is 0 Å². The SMILES string of the molecule is CCCCC(=O)Nc1ccc(NC(=S)NC(=O)c2ccc(CC)cc2)cc1OC. The van der Waals surface area contributed by atoms with Gasteiger partial charge in [0.1, 0.15) is 5.75 Å². The molecule has 154 valence electrons. The number of hydrogen-bond acceptors (Lipinski definition) is 4. The maximum Gasteiger partial charge on any atom is 0.257 e. The van der Waals surface area contributed by atoms with E-state index in [4.69, 9.17) is 17.0 Å². The molecule has 0 atom stereocenters. The molecule has 6 nitrogen and oxygen atoms in total. The molecule has 0 heterocycles. The number of amides is 2. The third-order valence-corrected chi connectivity index (χ3v) is 4.55. The van der Waals surface area contributed by atoms with Crippen molar-refractivity contribution >= 4 is 40.5 Å². The maximum atomic E-state index is 12.3. The molecule has 0 fully saturated rings. The van der Waals surface area contributed by atoms with Gasteiger partial charge in [-0.2, -0.15) is 0 Å². The summed E-state index contributed by atoms with van der Waals surface area (Å²) in [7, 11) is 1.53. The van der Waals surface area contributed by atoms with Crippen LogP contribution in [0.4, 0.5) is 11.4 Å². The Balaban J connectivity index is 1.98. The van der Waals surface area contributed by atoms with E-state index in [1.54, 1.807) is 30.3 Å². The number of benzene rings is 2. The molecule has 0 bridgehead atoms. The zero-order valence-electron chi connectivity index (χ0n) is 17.0. The first-order valence-electron chi connectivity index (χ1n) is 9.66. The molecule has 29 heavy (non-hydrogen) atoms. The van der Waals surface area contributed by atoms with Crippen LogP contribution >= 0.6 is 12.2 Å². The number of unbranched alkanes of at least 4 members (excludes halogenated alkanes) is 1. The van der Waals surface area contributed by atoms with Gasteiger partial charge in [0.2, 0.25) is 5.91 Å². The molecular formula is C22H27N3O3S. The number of thiocarbonyl (C=S) groups is 1. The van der Waals surface area contributed by atoms with Gasteiger partial charge in [-0.3, -0.25) is 14.9 Å². The fourth-order valence-corrected chi connectivity index (χ4v) is 2.86.